The average Bonchev–Trinajstić information content (AvgIpc) is 2.78. The topological polar surface area (TPSA) is 88.2 Å². The summed E-state index contributed by atoms with van der Waals surface area (Å²) < 4.78 is 10.9. The number of carbonyl (C=O) groups excluding carboxylic acids is 3. The SMILES string of the molecule is CC(C)(C)OC(=O)NC1CCN(C(=O)C2CCN(C(=O)CCOc3ccccc3)CC2)CC1. The van der Waals surface area contributed by atoms with Crippen molar-refractivity contribution in [3.05, 3.63) is 30.3 Å². The highest BCUT2D eigenvalue weighted by Crippen LogP contribution is 2.23. The van der Waals surface area contributed by atoms with Crippen LogP contribution in [0.25, 0.3) is 0 Å². The lowest BCUT2D eigenvalue weighted by atomic mass is 9.93. The Morgan fingerprint density at radius 3 is 2.15 bits per heavy atom. The van der Waals surface area contributed by atoms with E-state index in [1.165, 1.54) is 0 Å². The smallest absolute Gasteiger partial charge is 0.407 e. The summed E-state index contributed by atoms with van der Waals surface area (Å²) in [4.78, 5) is 41.2. The molecule has 0 spiro atoms. The maximum Gasteiger partial charge on any atom is 0.407 e. The van der Waals surface area contributed by atoms with Gasteiger partial charge in [0, 0.05) is 38.1 Å². The van der Waals surface area contributed by atoms with Crippen LogP contribution in [0.15, 0.2) is 30.3 Å². The minimum Gasteiger partial charge on any atom is -0.493 e. The van der Waals surface area contributed by atoms with E-state index in [1.54, 1.807) is 0 Å². The Labute approximate surface area is 196 Å². The van der Waals surface area contributed by atoms with Crippen LogP contribution in [0.3, 0.4) is 0 Å². The van der Waals surface area contributed by atoms with E-state index in [-0.39, 0.29) is 23.8 Å². The maximum absolute atomic E-state index is 13.0. The van der Waals surface area contributed by atoms with Gasteiger partial charge in [-0.15, -0.1) is 0 Å². The Morgan fingerprint density at radius 1 is 0.939 bits per heavy atom. The van der Waals surface area contributed by atoms with Gasteiger partial charge in [0.2, 0.25) is 11.8 Å². The van der Waals surface area contributed by atoms with E-state index < -0.39 is 11.7 Å². The molecule has 3 rings (SSSR count). The third-order valence-electron chi connectivity index (χ3n) is 6.05. The molecular weight excluding hydrogens is 422 g/mol. The summed E-state index contributed by atoms with van der Waals surface area (Å²) in [6.45, 7) is 8.36. The zero-order valence-electron chi connectivity index (χ0n) is 20.0. The predicted molar refractivity (Wildman–Crippen MR) is 125 cm³/mol. The molecule has 0 aliphatic carbocycles. The number of nitrogens with one attached hydrogen (secondary N) is 1. The molecule has 0 radical (unpaired) electrons. The number of carbonyl (C=O) groups is 3. The van der Waals surface area contributed by atoms with Crippen molar-refractivity contribution in [2.75, 3.05) is 32.8 Å². The molecule has 1 N–H and O–H groups in total. The summed E-state index contributed by atoms with van der Waals surface area (Å²) in [5.74, 6) is 0.973. The quantitative estimate of drug-likeness (QED) is 0.706. The van der Waals surface area contributed by atoms with Gasteiger partial charge < -0.3 is 24.6 Å². The van der Waals surface area contributed by atoms with Crippen LogP contribution < -0.4 is 10.1 Å². The molecule has 8 nitrogen and oxygen atoms in total. The van der Waals surface area contributed by atoms with Crippen molar-refractivity contribution in [1.82, 2.24) is 15.1 Å². The highest BCUT2D eigenvalue weighted by atomic mass is 16.6. The summed E-state index contributed by atoms with van der Waals surface area (Å²) in [7, 11) is 0. The molecule has 0 aromatic heterocycles. The second-order valence-electron chi connectivity index (χ2n) is 9.81. The van der Waals surface area contributed by atoms with Gasteiger partial charge in [0.15, 0.2) is 0 Å². The lowest BCUT2D eigenvalue weighted by Crippen LogP contribution is -2.50. The monoisotopic (exact) mass is 459 g/mol. The first-order valence-corrected chi connectivity index (χ1v) is 12.0. The van der Waals surface area contributed by atoms with Gasteiger partial charge in [-0.05, 0) is 58.6 Å². The fourth-order valence-corrected chi connectivity index (χ4v) is 4.28. The molecule has 3 amide bonds. The Bertz CT molecular complexity index is 792. The minimum absolute atomic E-state index is 0.0291. The number of benzene rings is 1. The van der Waals surface area contributed by atoms with Crippen LogP contribution in [0.1, 0.15) is 52.9 Å². The van der Waals surface area contributed by atoms with Crippen LogP contribution in [0, 0.1) is 5.92 Å². The molecule has 33 heavy (non-hydrogen) atoms. The van der Waals surface area contributed by atoms with Crippen molar-refractivity contribution in [2.45, 2.75) is 64.5 Å². The third-order valence-corrected chi connectivity index (χ3v) is 6.05. The molecule has 182 valence electrons. The van der Waals surface area contributed by atoms with E-state index in [1.807, 2.05) is 60.9 Å². The van der Waals surface area contributed by atoms with E-state index in [9.17, 15) is 14.4 Å². The van der Waals surface area contributed by atoms with Gasteiger partial charge in [-0.25, -0.2) is 4.79 Å². The summed E-state index contributed by atoms with van der Waals surface area (Å²) in [5, 5.41) is 2.91. The van der Waals surface area contributed by atoms with Crippen molar-refractivity contribution < 1.29 is 23.9 Å². The van der Waals surface area contributed by atoms with Gasteiger partial charge in [-0.3, -0.25) is 9.59 Å². The molecular formula is C25H37N3O5. The molecule has 1 aromatic carbocycles. The van der Waals surface area contributed by atoms with Crippen LogP contribution >= 0.6 is 0 Å². The number of rotatable bonds is 6. The van der Waals surface area contributed by atoms with E-state index >= 15 is 0 Å². The number of likely N-dealkylation sites (tertiary alicyclic amines) is 2. The number of para-hydroxylation sites is 1. The summed E-state index contributed by atoms with van der Waals surface area (Å²) >= 11 is 0. The first-order valence-electron chi connectivity index (χ1n) is 12.0. The number of hydrogen-bond acceptors (Lipinski definition) is 5. The molecule has 2 aliphatic heterocycles. The molecule has 2 saturated heterocycles. The number of alkyl carbamates (subject to hydrolysis) is 1. The standard InChI is InChI=1S/C25H37N3O5/c1-25(2,3)33-24(31)26-20-11-16-28(17-12-20)23(30)19-9-14-27(15-10-19)22(29)13-18-32-21-7-5-4-6-8-21/h4-8,19-20H,9-18H2,1-3H3,(H,26,31). The lowest BCUT2D eigenvalue weighted by molar-refractivity contribution is -0.141. The lowest BCUT2D eigenvalue weighted by Gasteiger charge is -2.37. The zero-order chi connectivity index (χ0) is 23.8. The van der Waals surface area contributed by atoms with Crippen molar-refractivity contribution >= 4 is 17.9 Å². The number of hydrogen-bond donors (Lipinski definition) is 1. The highest BCUT2D eigenvalue weighted by molar-refractivity contribution is 5.80. The molecule has 8 heteroatoms. The van der Waals surface area contributed by atoms with E-state index in [0.29, 0.717) is 52.0 Å². The highest BCUT2D eigenvalue weighted by Gasteiger charge is 2.32. The normalized spacial score (nSPS) is 18.0. The van der Waals surface area contributed by atoms with Crippen molar-refractivity contribution in [3.8, 4) is 5.75 Å². The Morgan fingerprint density at radius 2 is 1.55 bits per heavy atom. The summed E-state index contributed by atoms with van der Waals surface area (Å²) in [6, 6.07) is 9.50. The molecule has 0 atom stereocenters. The maximum atomic E-state index is 13.0. The van der Waals surface area contributed by atoms with Crippen LogP contribution in [0.5, 0.6) is 5.75 Å². The van der Waals surface area contributed by atoms with Crippen molar-refractivity contribution in [3.63, 3.8) is 0 Å². The van der Waals surface area contributed by atoms with Crippen LogP contribution in [0.2, 0.25) is 0 Å². The van der Waals surface area contributed by atoms with Crippen molar-refractivity contribution in [2.24, 2.45) is 5.92 Å². The average molecular weight is 460 g/mol. The second kappa shape index (κ2) is 11.4. The molecule has 0 bridgehead atoms. The van der Waals surface area contributed by atoms with Gasteiger partial charge in [0.05, 0.1) is 13.0 Å². The van der Waals surface area contributed by atoms with Crippen LogP contribution in [-0.2, 0) is 14.3 Å². The molecule has 1 aromatic rings. The molecule has 2 fully saturated rings. The fraction of sp³-hybridized carbons (Fsp3) is 0.640. The first kappa shape index (κ1) is 24.9. The summed E-state index contributed by atoms with van der Waals surface area (Å²) in [6.07, 6.45) is 2.78. The van der Waals surface area contributed by atoms with E-state index in [4.69, 9.17) is 9.47 Å². The van der Waals surface area contributed by atoms with Crippen LogP contribution in [-0.4, -0.2) is 72.1 Å². The first-order chi connectivity index (χ1) is 15.7. The largest absolute Gasteiger partial charge is 0.493 e. The molecule has 2 aliphatic rings. The minimum atomic E-state index is -0.522. The van der Waals surface area contributed by atoms with Crippen LogP contribution in [0.4, 0.5) is 4.79 Å². The number of nitrogens with zero attached hydrogens (tertiary/aromatic N) is 2. The predicted octanol–water partition coefficient (Wildman–Crippen LogP) is 3.21. The zero-order valence-corrected chi connectivity index (χ0v) is 20.0. The number of amides is 3. The molecule has 0 unspecified atom stereocenters. The van der Waals surface area contributed by atoms with Gasteiger partial charge in [0.25, 0.3) is 0 Å². The van der Waals surface area contributed by atoms with E-state index in [2.05, 4.69) is 5.32 Å². The fourth-order valence-electron chi connectivity index (χ4n) is 4.28. The number of ether oxygens (including phenoxy) is 2. The Hall–Kier alpha value is -2.77. The van der Waals surface area contributed by atoms with Gasteiger partial charge in [-0.2, -0.15) is 0 Å². The number of piperidine rings is 2. The summed E-state index contributed by atoms with van der Waals surface area (Å²) in [5.41, 5.74) is -0.522. The van der Waals surface area contributed by atoms with Crippen molar-refractivity contribution in [1.29, 1.82) is 0 Å². The molecule has 0 saturated carbocycles. The third kappa shape index (κ3) is 7.94. The Balaban J connectivity index is 1.34. The second-order valence-corrected chi connectivity index (χ2v) is 9.81. The van der Waals surface area contributed by atoms with Gasteiger partial charge >= 0.3 is 6.09 Å². The van der Waals surface area contributed by atoms with Gasteiger partial charge in [0.1, 0.15) is 11.4 Å². The van der Waals surface area contributed by atoms with E-state index in [0.717, 1.165) is 18.6 Å². The van der Waals surface area contributed by atoms with Gasteiger partial charge in [-0.1, -0.05) is 18.2 Å². The molecule has 2 heterocycles. The Kier molecular flexibility index (Phi) is 8.58.